The van der Waals surface area contributed by atoms with Crippen LogP contribution >= 0.6 is 11.3 Å². The number of carbonyl (C=O) groups excluding carboxylic acids is 1. The van der Waals surface area contributed by atoms with E-state index in [1.807, 2.05) is 0 Å². The lowest BCUT2D eigenvalue weighted by atomic mass is 10.2. The fourth-order valence-electron chi connectivity index (χ4n) is 2.97. The molecule has 9 nitrogen and oxygen atoms in total. The summed E-state index contributed by atoms with van der Waals surface area (Å²) >= 11 is 1.05. The predicted molar refractivity (Wildman–Crippen MR) is 108 cm³/mol. The third-order valence-electron chi connectivity index (χ3n) is 4.40. The molecule has 1 N–H and O–H groups in total. The molecule has 0 fully saturated rings. The van der Waals surface area contributed by atoms with Gasteiger partial charge in [-0.05, 0) is 24.6 Å². The van der Waals surface area contributed by atoms with Gasteiger partial charge in [0.2, 0.25) is 0 Å². The van der Waals surface area contributed by atoms with E-state index >= 15 is 0 Å². The van der Waals surface area contributed by atoms with Gasteiger partial charge in [-0.2, -0.15) is 10.2 Å². The minimum atomic E-state index is -0.736. The monoisotopic (exact) mass is 445 g/mol. The van der Waals surface area contributed by atoms with Gasteiger partial charge in [0.05, 0.1) is 18.4 Å². The van der Waals surface area contributed by atoms with Crippen LogP contribution in [0.25, 0.3) is 5.13 Å². The average Bonchev–Trinajstić information content (AvgIpc) is 3.39. The van der Waals surface area contributed by atoms with Gasteiger partial charge in [0.1, 0.15) is 22.8 Å². The van der Waals surface area contributed by atoms with Gasteiger partial charge in [0, 0.05) is 31.4 Å². The van der Waals surface area contributed by atoms with Gasteiger partial charge in [-0.3, -0.25) is 9.48 Å². The molecule has 0 spiro atoms. The second kappa shape index (κ2) is 8.22. The maximum absolute atomic E-state index is 13.4. The predicted octanol–water partition coefficient (Wildman–Crippen LogP) is 1.79. The van der Waals surface area contributed by atoms with E-state index in [0.29, 0.717) is 17.1 Å². The number of amides is 1. The van der Waals surface area contributed by atoms with E-state index in [9.17, 15) is 18.4 Å². The first-order valence-electron chi connectivity index (χ1n) is 9.13. The number of carbonyl (C=O) groups is 1. The van der Waals surface area contributed by atoms with Crippen LogP contribution in [0.4, 0.5) is 8.78 Å². The van der Waals surface area contributed by atoms with E-state index < -0.39 is 17.3 Å². The minimum Gasteiger partial charge on any atom is -0.347 e. The molecule has 3 heterocycles. The molecule has 12 heteroatoms. The first-order valence-corrected chi connectivity index (χ1v) is 9.95. The fraction of sp³-hybridized carbons (Fsp3) is 0.211. The summed E-state index contributed by atoms with van der Waals surface area (Å²) in [6.45, 7) is 1.87. The first kappa shape index (κ1) is 20.6. The van der Waals surface area contributed by atoms with Crippen LogP contribution in [0.15, 0.2) is 41.7 Å². The Hall–Kier alpha value is -3.67. The Morgan fingerprint density at radius 3 is 2.58 bits per heavy atom. The maximum atomic E-state index is 13.4. The molecule has 1 amide bonds. The van der Waals surface area contributed by atoms with Crippen LogP contribution in [0, 0.1) is 18.6 Å². The van der Waals surface area contributed by atoms with Crippen LogP contribution < -0.4 is 11.0 Å². The Bertz CT molecular complexity index is 1300. The summed E-state index contributed by atoms with van der Waals surface area (Å²) in [6, 6.07) is 3.02. The largest absolute Gasteiger partial charge is 0.352 e. The number of nitrogens with one attached hydrogen (secondary N) is 1. The zero-order valence-electron chi connectivity index (χ0n) is 16.5. The molecule has 31 heavy (non-hydrogen) atoms. The van der Waals surface area contributed by atoms with Crippen LogP contribution in [-0.4, -0.2) is 35.0 Å². The molecule has 0 aliphatic carbocycles. The Kier molecular flexibility index (Phi) is 5.46. The summed E-state index contributed by atoms with van der Waals surface area (Å²) in [4.78, 5) is 29.9. The maximum Gasteiger partial charge on any atom is 0.352 e. The summed E-state index contributed by atoms with van der Waals surface area (Å²) in [6.07, 6.45) is 4.71. The number of rotatable bonds is 6. The topological polar surface area (TPSA) is 99.6 Å². The number of hydrogen-bond donors (Lipinski definition) is 1. The lowest BCUT2D eigenvalue weighted by Crippen LogP contribution is -2.24. The van der Waals surface area contributed by atoms with Crippen LogP contribution in [0.3, 0.4) is 0 Å². The molecule has 0 bridgehead atoms. The van der Waals surface area contributed by atoms with Crippen LogP contribution in [0.1, 0.15) is 26.5 Å². The zero-order chi connectivity index (χ0) is 22.1. The van der Waals surface area contributed by atoms with Crippen molar-refractivity contribution in [3.05, 3.63) is 80.7 Å². The summed E-state index contributed by atoms with van der Waals surface area (Å²) < 4.78 is 30.7. The molecular formula is C19H17F2N7O2S. The van der Waals surface area contributed by atoms with Crippen molar-refractivity contribution in [3.8, 4) is 5.13 Å². The quantitative estimate of drug-likeness (QED) is 0.488. The molecule has 0 saturated carbocycles. The molecule has 4 rings (SSSR count). The first-order chi connectivity index (χ1) is 14.8. The molecular weight excluding hydrogens is 428 g/mol. The molecule has 0 unspecified atom stereocenters. The van der Waals surface area contributed by atoms with Crippen molar-refractivity contribution in [2.75, 3.05) is 0 Å². The van der Waals surface area contributed by atoms with E-state index in [0.717, 1.165) is 39.8 Å². The summed E-state index contributed by atoms with van der Waals surface area (Å²) in [5.41, 5.74) is 1.04. The highest BCUT2D eigenvalue weighted by Crippen LogP contribution is 2.20. The van der Waals surface area contributed by atoms with E-state index in [2.05, 4.69) is 20.5 Å². The van der Waals surface area contributed by atoms with Gasteiger partial charge >= 0.3 is 5.69 Å². The highest BCUT2D eigenvalue weighted by atomic mass is 32.1. The highest BCUT2D eigenvalue weighted by Gasteiger charge is 2.18. The number of thiazole rings is 1. The van der Waals surface area contributed by atoms with Gasteiger partial charge < -0.3 is 5.32 Å². The van der Waals surface area contributed by atoms with E-state index in [4.69, 9.17) is 0 Å². The van der Waals surface area contributed by atoms with Crippen molar-refractivity contribution in [2.45, 2.75) is 20.0 Å². The number of aryl methyl sites for hydroxylation is 2. The summed E-state index contributed by atoms with van der Waals surface area (Å²) in [7, 11) is 1.79. The molecule has 0 radical (unpaired) electrons. The molecule has 0 saturated heterocycles. The molecule has 3 aromatic heterocycles. The van der Waals surface area contributed by atoms with Crippen molar-refractivity contribution in [1.29, 1.82) is 0 Å². The molecule has 0 atom stereocenters. The Balaban J connectivity index is 1.52. The fourth-order valence-corrected chi connectivity index (χ4v) is 3.92. The lowest BCUT2D eigenvalue weighted by Gasteiger charge is -2.01. The Morgan fingerprint density at radius 2 is 1.90 bits per heavy atom. The van der Waals surface area contributed by atoms with Crippen LogP contribution in [-0.2, 0) is 20.1 Å². The zero-order valence-corrected chi connectivity index (χ0v) is 17.4. The summed E-state index contributed by atoms with van der Waals surface area (Å²) in [5.74, 6) is -1.79. The van der Waals surface area contributed by atoms with Crippen LogP contribution in [0.5, 0.6) is 0 Å². The number of aromatic nitrogens is 6. The second-order valence-corrected chi connectivity index (χ2v) is 7.81. The van der Waals surface area contributed by atoms with Crippen molar-refractivity contribution in [2.24, 2.45) is 7.05 Å². The van der Waals surface area contributed by atoms with Crippen molar-refractivity contribution in [1.82, 2.24) is 34.4 Å². The molecule has 0 aliphatic rings. The van der Waals surface area contributed by atoms with Gasteiger partial charge in [0.15, 0.2) is 5.13 Å². The number of halogens is 2. The Morgan fingerprint density at radius 1 is 1.16 bits per heavy atom. The standard InChI is InChI=1S/C19H17F2N7O2S/c1-11-16(17(29)22-6-13-7-23-26(2)8-13)31-18(25-11)27-10-24-28(19(27)30)9-12-3-14(20)5-15(21)4-12/h3-5,7-8,10H,6,9H2,1-2H3,(H,22,29). The Labute approximate surface area is 178 Å². The second-order valence-electron chi connectivity index (χ2n) is 6.83. The number of benzene rings is 1. The number of hydrogen-bond acceptors (Lipinski definition) is 6. The minimum absolute atomic E-state index is 0.108. The molecule has 0 aliphatic heterocycles. The highest BCUT2D eigenvalue weighted by molar-refractivity contribution is 7.16. The van der Waals surface area contributed by atoms with Crippen LogP contribution in [0.2, 0.25) is 0 Å². The average molecular weight is 445 g/mol. The van der Waals surface area contributed by atoms with Gasteiger partial charge in [-0.15, -0.1) is 0 Å². The van der Waals surface area contributed by atoms with E-state index in [-0.39, 0.29) is 23.1 Å². The third kappa shape index (κ3) is 4.43. The van der Waals surface area contributed by atoms with E-state index in [1.165, 1.54) is 10.9 Å². The van der Waals surface area contributed by atoms with Crippen molar-refractivity contribution >= 4 is 17.2 Å². The lowest BCUT2D eigenvalue weighted by molar-refractivity contribution is 0.0954. The van der Waals surface area contributed by atoms with Gasteiger partial charge in [-0.25, -0.2) is 27.8 Å². The molecule has 1 aromatic carbocycles. The van der Waals surface area contributed by atoms with Crippen molar-refractivity contribution in [3.63, 3.8) is 0 Å². The molecule has 4 aromatic rings. The smallest absolute Gasteiger partial charge is 0.347 e. The van der Waals surface area contributed by atoms with E-state index in [1.54, 1.807) is 31.0 Å². The number of nitrogens with zero attached hydrogens (tertiary/aromatic N) is 6. The normalized spacial score (nSPS) is 11.1. The third-order valence-corrected chi connectivity index (χ3v) is 5.55. The summed E-state index contributed by atoms with van der Waals surface area (Å²) in [5, 5.41) is 11.1. The molecule has 160 valence electrons. The van der Waals surface area contributed by atoms with Gasteiger partial charge in [-0.1, -0.05) is 11.3 Å². The van der Waals surface area contributed by atoms with Crippen molar-refractivity contribution < 1.29 is 13.6 Å². The SMILES string of the molecule is Cc1nc(-n2cnn(Cc3cc(F)cc(F)c3)c2=O)sc1C(=O)NCc1cnn(C)c1. The van der Waals surface area contributed by atoms with Gasteiger partial charge in [0.25, 0.3) is 5.91 Å².